The average Bonchev–Trinajstić information content (AvgIpc) is 2.97. The third kappa shape index (κ3) is 3.77. The van der Waals surface area contributed by atoms with Gasteiger partial charge in [0.25, 0.3) is 15.9 Å². The van der Waals surface area contributed by atoms with Gasteiger partial charge >= 0.3 is 5.97 Å². The molecule has 0 unspecified atom stereocenters. The highest BCUT2D eigenvalue weighted by atomic mass is 32.2. The molecule has 0 atom stereocenters. The summed E-state index contributed by atoms with van der Waals surface area (Å²) in [6.45, 7) is 5.57. The summed E-state index contributed by atoms with van der Waals surface area (Å²) in [5.41, 5.74) is 3.06. The van der Waals surface area contributed by atoms with Crippen molar-refractivity contribution >= 4 is 38.8 Å². The summed E-state index contributed by atoms with van der Waals surface area (Å²) in [6.07, 6.45) is 0. The standard InChI is InChI=1S/C20H20N2O5S/c1-4-27-20(24)13-5-7-14(8-6-13)22-28(25,26)15-9-10-17-16(11-15)18(12(2)3)19(23)21-17/h5-11,22H,4H2,1-3H3,(H,21,23). The summed E-state index contributed by atoms with van der Waals surface area (Å²) in [6, 6.07) is 10.4. The second kappa shape index (κ2) is 7.47. The fourth-order valence-electron chi connectivity index (χ4n) is 2.91. The van der Waals surface area contributed by atoms with Gasteiger partial charge in [0.15, 0.2) is 0 Å². The zero-order valence-corrected chi connectivity index (χ0v) is 16.5. The van der Waals surface area contributed by atoms with Gasteiger partial charge in [-0.1, -0.05) is 5.57 Å². The molecule has 8 heteroatoms. The van der Waals surface area contributed by atoms with E-state index in [0.29, 0.717) is 28.1 Å². The van der Waals surface area contributed by atoms with Crippen LogP contribution >= 0.6 is 0 Å². The minimum atomic E-state index is -3.87. The van der Waals surface area contributed by atoms with E-state index in [4.69, 9.17) is 4.74 Å². The summed E-state index contributed by atoms with van der Waals surface area (Å²) in [5, 5.41) is 2.73. The van der Waals surface area contributed by atoms with E-state index in [0.717, 1.165) is 5.57 Å². The molecule has 1 aliphatic heterocycles. The van der Waals surface area contributed by atoms with Crippen LogP contribution in [0.15, 0.2) is 52.9 Å². The molecule has 3 rings (SSSR count). The molecule has 1 amide bonds. The maximum Gasteiger partial charge on any atom is 0.338 e. The molecular formula is C20H20N2O5S. The van der Waals surface area contributed by atoms with Gasteiger partial charge in [-0.05, 0) is 63.2 Å². The lowest BCUT2D eigenvalue weighted by Gasteiger charge is -2.10. The summed E-state index contributed by atoms with van der Waals surface area (Å²) < 4.78 is 32.9. The van der Waals surface area contributed by atoms with Crippen molar-refractivity contribution in [2.24, 2.45) is 0 Å². The Morgan fingerprint density at radius 3 is 2.39 bits per heavy atom. The van der Waals surface area contributed by atoms with E-state index < -0.39 is 16.0 Å². The normalized spacial score (nSPS) is 13.0. The zero-order chi connectivity index (χ0) is 20.5. The molecule has 1 aliphatic rings. The van der Waals surface area contributed by atoms with Crippen molar-refractivity contribution in [3.05, 3.63) is 59.2 Å². The largest absolute Gasteiger partial charge is 0.462 e. The Morgan fingerprint density at radius 2 is 1.79 bits per heavy atom. The number of allylic oxidation sites excluding steroid dienone is 1. The third-order valence-corrected chi connectivity index (χ3v) is 5.57. The predicted octanol–water partition coefficient (Wildman–Crippen LogP) is 3.41. The zero-order valence-electron chi connectivity index (χ0n) is 15.7. The molecule has 2 N–H and O–H groups in total. The number of ether oxygens (including phenoxy) is 1. The number of anilines is 2. The van der Waals surface area contributed by atoms with E-state index in [-0.39, 0.29) is 17.4 Å². The monoisotopic (exact) mass is 400 g/mol. The van der Waals surface area contributed by atoms with Gasteiger partial charge in [0.1, 0.15) is 0 Å². The van der Waals surface area contributed by atoms with Crippen LogP contribution in [0.5, 0.6) is 0 Å². The molecule has 0 aromatic heterocycles. The van der Waals surface area contributed by atoms with Crippen LogP contribution in [0, 0.1) is 0 Å². The van der Waals surface area contributed by atoms with Crippen molar-refractivity contribution in [2.75, 3.05) is 16.6 Å². The second-order valence-electron chi connectivity index (χ2n) is 6.44. The van der Waals surface area contributed by atoms with E-state index in [1.807, 2.05) is 0 Å². The summed E-state index contributed by atoms with van der Waals surface area (Å²) in [7, 11) is -3.87. The molecule has 0 radical (unpaired) electrons. The van der Waals surface area contributed by atoms with Crippen molar-refractivity contribution in [1.29, 1.82) is 0 Å². The number of carbonyl (C=O) groups excluding carboxylic acids is 2. The summed E-state index contributed by atoms with van der Waals surface area (Å²) >= 11 is 0. The van der Waals surface area contributed by atoms with E-state index in [2.05, 4.69) is 10.0 Å². The number of amides is 1. The first kappa shape index (κ1) is 19.6. The summed E-state index contributed by atoms with van der Waals surface area (Å²) in [5.74, 6) is -0.714. The van der Waals surface area contributed by atoms with Crippen LogP contribution in [0.4, 0.5) is 11.4 Å². The Morgan fingerprint density at radius 1 is 1.11 bits per heavy atom. The topological polar surface area (TPSA) is 102 Å². The number of fused-ring (bicyclic) bond motifs is 1. The molecule has 0 aliphatic carbocycles. The quantitative estimate of drug-likeness (QED) is 0.592. The fraction of sp³-hybridized carbons (Fsp3) is 0.200. The molecule has 2 aromatic carbocycles. The van der Waals surface area contributed by atoms with Gasteiger partial charge in [-0.25, -0.2) is 13.2 Å². The number of esters is 1. The minimum absolute atomic E-state index is 0.0379. The molecule has 0 fully saturated rings. The lowest BCUT2D eigenvalue weighted by atomic mass is 10.0. The van der Waals surface area contributed by atoms with E-state index in [9.17, 15) is 18.0 Å². The van der Waals surface area contributed by atoms with Crippen LogP contribution in [0.1, 0.15) is 36.7 Å². The van der Waals surface area contributed by atoms with Crippen molar-refractivity contribution in [3.8, 4) is 0 Å². The van der Waals surface area contributed by atoms with Gasteiger partial charge in [-0.2, -0.15) is 0 Å². The first-order chi connectivity index (χ1) is 13.2. The van der Waals surface area contributed by atoms with E-state index in [1.54, 1.807) is 26.8 Å². The molecule has 146 valence electrons. The third-order valence-electron chi connectivity index (χ3n) is 4.19. The highest BCUT2D eigenvalue weighted by Gasteiger charge is 2.27. The number of rotatable bonds is 5. The first-order valence-electron chi connectivity index (χ1n) is 8.66. The van der Waals surface area contributed by atoms with Crippen molar-refractivity contribution in [3.63, 3.8) is 0 Å². The van der Waals surface area contributed by atoms with Crippen LogP contribution in [-0.4, -0.2) is 26.9 Å². The smallest absolute Gasteiger partial charge is 0.338 e. The molecule has 0 saturated carbocycles. The maximum atomic E-state index is 12.8. The molecule has 1 heterocycles. The van der Waals surface area contributed by atoms with Crippen LogP contribution in [0.2, 0.25) is 0 Å². The second-order valence-corrected chi connectivity index (χ2v) is 8.12. The molecule has 7 nitrogen and oxygen atoms in total. The van der Waals surface area contributed by atoms with Gasteiger partial charge < -0.3 is 10.1 Å². The molecular weight excluding hydrogens is 380 g/mol. The Bertz CT molecular complexity index is 1080. The van der Waals surface area contributed by atoms with Gasteiger partial charge in [0.05, 0.1) is 17.1 Å². The SMILES string of the molecule is CCOC(=O)c1ccc(NS(=O)(=O)c2ccc3c(c2)C(=C(C)C)C(=O)N3)cc1. The fourth-order valence-corrected chi connectivity index (χ4v) is 4.00. The van der Waals surface area contributed by atoms with Crippen LogP contribution < -0.4 is 10.0 Å². The average molecular weight is 400 g/mol. The minimum Gasteiger partial charge on any atom is -0.462 e. The van der Waals surface area contributed by atoms with Crippen LogP contribution in [-0.2, 0) is 19.6 Å². The van der Waals surface area contributed by atoms with E-state index >= 15 is 0 Å². The van der Waals surface area contributed by atoms with Crippen LogP contribution in [0.3, 0.4) is 0 Å². The van der Waals surface area contributed by atoms with Crippen molar-refractivity contribution in [2.45, 2.75) is 25.7 Å². The Balaban J connectivity index is 1.88. The Kier molecular flexibility index (Phi) is 5.24. The van der Waals surface area contributed by atoms with Crippen LogP contribution in [0.25, 0.3) is 5.57 Å². The lowest BCUT2D eigenvalue weighted by Crippen LogP contribution is -2.13. The molecule has 0 bridgehead atoms. The number of carbonyl (C=O) groups is 2. The molecule has 0 saturated heterocycles. The summed E-state index contributed by atoms with van der Waals surface area (Å²) in [4.78, 5) is 23.8. The molecule has 2 aromatic rings. The highest BCUT2D eigenvalue weighted by Crippen LogP contribution is 2.35. The highest BCUT2D eigenvalue weighted by molar-refractivity contribution is 7.92. The van der Waals surface area contributed by atoms with Gasteiger partial charge in [-0.15, -0.1) is 0 Å². The Labute approximate surface area is 163 Å². The number of nitrogens with one attached hydrogen (secondary N) is 2. The number of hydrogen-bond acceptors (Lipinski definition) is 5. The number of hydrogen-bond donors (Lipinski definition) is 2. The van der Waals surface area contributed by atoms with Gasteiger partial charge in [-0.3, -0.25) is 9.52 Å². The Hall–Kier alpha value is -3.13. The predicted molar refractivity (Wildman–Crippen MR) is 107 cm³/mol. The van der Waals surface area contributed by atoms with Crippen molar-refractivity contribution < 1.29 is 22.7 Å². The van der Waals surface area contributed by atoms with Gasteiger partial charge in [0.2, 0.25) is 0 Å². The van der Waals surface area contributed by atoms with Crippen molar-refractivity contribution in [1.82, 2.24) is 0 Å². The first-order valence-corrected chi connectivity index (χ1v) is 10.1. The van der Waals surface area contributed by atoms with E-state index in [1.165, 1.54) is 36.4 Å². The maximum absolute atomic E-state index is 12.8. The number of benzene rings is 2. The van der Waals surface area contributed by atoms with Gasteiger partial charge in [0, 0.05) is 22.5 Å². The molecule has 0 spiro atoms. The molecule has 28 heavy (non-hydrogen) atoms. The lowest BCUT2D eigenvalue weighted by molar-refractivity contribution is -0.110. The number of sulfonamides is 1.